The van der Waals surface area contributed by atoms with E-state index in [1.807, 2.05) is 0 Å². The van der Waals surface area contributed by atoms with Crippen molar-refractivity contribution < 1.29 is 14.6 Å². The molecule has 0 radical (unpaired) electrons. The van der Waals surface area contributed by atoms with Crippen LogP contribution in [-0.2, 0) is 4.79 Å². The number of aliphatic hydroxyl groups is 1. The van der Waals surface area contributed by atoms with E-state index < -0.39 is 0 Å². The molecule has 7 heteroatoms. The van der Waals surface area contributed by atoms with Crippen LogP contribution in [0.5, 0.6) is 5.75 Å². The molecule has 1 amide bonds. The molecule has 5 aliphatic rings. The highest BCUT2D eigenvalue weighted by Gasteiger charge is 2.60. The van der Waals surface area contributed by atoms with Gasteiger partial charge < -0.3 is 19.6 Å². The minimum Gasteiger partial charge on any atom is -0.491 e. The first-order chi connectivity index (χ1) is 19.2. The quantitative estimate of drug-likeness (QED) is 0.497. The Morgan fingerprint density at radius 2 is 1.80 bits per heavy atom. The summed E-state index contributed by atoms with van der Waals surface area (Å²) < 4.78 is 5.44. The van der Waals surface area contributed by atoms with E-state index in [1.165, 1.54) is 44.9 Å². The standard InChI is InChI=1S/C33H52N4O3/c1-22(5-10-30(39)36-15-17-37(18-16-36)31-29(40-4)20-34-21-35-31)26-8-9-27-25-7-6-23-19-24(38)11-13-32(23,2)28(25)12-14-33(26,27)3/h20-28,38H,5-19H2,1-4H3/t22?,23-,24-,25-,26+,27-,28-,32-,33+/m0/s1. The molecule has 1 aliphatic heterocycles. The van der Waals surface area contributed by atoms with Gasteiger partial charge in [0.25, 0.3) is 0 Å². The summed E-state index contributed by atoms with van der Waals surface area (Å²) in [6, 6.07) is 0. The monoisotopic (exact) mass is 552 g/mol. The Balaban J connectivity index is 1.03. The minimum atomic E-state index is -0.0614. The molecule has 0 spiro atoms. The molecule has 1 aromatic heterocycles. The average molecular weight is 553 g/mol. The van der Waals surface area contributed by atoms with Crippen LogP contribution in [-0.4, -0.2) is 65.3 Å². The van der Waals surface area contributed by atoms with Gasteiger partial charge in [-0.15, -0.1) is 0 Å². The topological polar surface area (TPSA) is 78.8 Å². The molecule has 0 aromatic carbocycles. The summed E-state index contributed by atoms with van der Waals surface area (Å²) in [5, 5.41) is 10.4. The zero-order valence-corrected chi connectivity index (χ0v) is 25.4. The lowest BCUT2D eigenvalue weighted by atomic mass is 9.44. The fourth-order valence-corrected chi connectivity index (χ4v) is 10.8. The van der Waals surface area contributed by atoms with Crippen LogP contribution >= 0.6 is 0 Å². The van der Waals surface area contributed by atoms with Gasteiger partial charge in [0.1, 0.15) is 6.33 Å². The van der Waals surface area contributed by atoms with Crippen molar-refractivity contribution in [2.24, 2.45) is 46.3 Å². The van der Waals surface area contributed by atoms with E-state index in [0.717, 1.165) is 80.8 Å². The van der Waals surface area contributed by atoms with Crippen molar-refractivity contribution in [1.82, 2.24) is 14.9 Å². The summed E-state index contributed by atoms with van der Waals surface area (Å²) >= 11 is 0. The number of carbonyl (C=O) groups is 1. The summed E-state index contributed by atoms with van der Waals surface area (Å²) in [7, 11) is 1.65. The van der Waals surface area contributed by atoms with Gasteiger partial charge in [0, 0.05) is 32.6 Å². The van der Waals surface area contributed by atoms with Gasteiger partial charge in [0.2, 0.25) is 5.91 Å². The smallest absolute Gasteiger partial charge is 0.222 e. The first-order valence-electron chi connectivity index (χ1n) is 16.3. The van der Waals surface area contributed by atoms with Crippen LogP contribution in [0.4, 0.5) is 5.82 Å². The van der Waals surface area contributed by atoms with Crippen LogP contribution in [0, 0.1) is 46.3 Å². The number of hydrogen-bond donors (Lipinski definition) is 1. The zero-order valence-electron chi connectivity index (χ0n) is 25.4. The number of nitrogens with zero attached hydrogens (tertiary/aromatic N) is 4. The van der Waals surface area contributed by atoms with Crippen LogP contribution < -0.4 is 9.64 Å². The molecule has 0 bridgehead atoms. The third kappa shape index (κ3) is 4.82. The molecular weight excluding hydrogens is 500 g/mol. The number of anilines is 1. The molecule has 222 valence electrons. The largest absolute Gasteiger partial charge is 0.491 e. The highest BCUT2D eigenvalue weighted by Crippen LogP contribution is 2.68. The van der Waals surface area contributed by atoms with Crippen LogP contribution in [0.25, 0.3) is 0 Å². The van der Waals surface area contributed by atoms with Gasteiger partial charge in [-0.3, -0.25) is 4.79 Å². The molecule has 40 heavy (non-hydrogen) atoms. The highest BCUT2D eigenvalue weighted by atomic mass is 16.5. The Morgan fingerprint density at radius 3 is 2.58 bits per heavy atom. The number of hydrogen-bond acceptors (Lipinski definition) is 6. The van der Waals surface area contributed by atoms with Crippen molar-refractivity contribution in [2.45, 2.75) is 97.5 Å². The van der Waals surface area contributed by atoms with E-state index in [4.69, 9.17) is 4.74 Å². The van der Waals surface area contributed by atoms with Crippen molar-refractivity contribution in [1.29, 1.82) is 0 Å². The molecule has 4 saturated carbocycles. The second kappa shape index (κ2) is 11.1. The predicted molar refractivity (Wildman–Crippen MR) is 157 cm³/mol. The van der Waals surface area contributed by atoms with Crippen LogP contribution in [0.2, 0.25) is 0 Å². The Morgan fingerprint density at radius 1 is 1.05 bits per heavy atom. The fourth-order valence-electron chi connectivity index (χ4n) is 10.8. The predicted octanol–water partition coefficient (Wildman–Crippen LogP) is 5.57. The number of piperazine rings is 1. The second-order valence-electron chi connectivity index (χ2n) is 14.6. The summed E-state index contributed by atoms with van der Waals surface area (Å²) in [5.41, 5.74) is 0.880. The number of methoxy groups -OCH3 is 1. The lowest BCUT2D eigenvalue weighted by molar-refractivity contribution is -0.133. The number of fused-ring (bicyclic) bond motifs is 5. The first kappa shape index (κ1) is 28.2. The number of carbonyl (C=O) groups excluding carboxylic acids is 1. The van der Waals surface area contributed by atoms with Gasteiger partial charge in [-0.1, -0.05) is 20.8 Å². The van der Waals surface area contributed by atoms with Crippen molar-refractivity contribution in [2.75, 3.05) is 38.2 Å². The summed E-state index contributed by atoms with van der Waals surface area (Å²) in [6.07, 6.45) is 16.3. The molecule has 4 aliphatic carbocycles. The van der Waals surface area contributed by atoms with Gasteiger partial charge in [0.15, 0.2) is 11.6 Å². The average Bonchev–Trinajstić information content (AvgIpc) is 3.33. The third-order valence-corrected chi connectivity index (χ3v) is 13.0. The molecule has 1 unspecified atom stereocenters. The number of rotatable bonds is 6. The molecule has 6 rings (SSSR count). The number of amides is 1. The van der Waals surface area contributed by atoms with Crippen molar-refractivity contribution in [3.8, 4) is 5.75 Å². The zero-order chi connectivity index (χ0) is 28.1. The molecule has 1 saturated heterocycles. The van der Waals surface area contributed by atoms with Crippen molar-refractivity contribution in [3.63, 3.8) is 0 Å². The molecule has 7 nitrogen and oxygen atoms in total. The van der Waals surface area contributed by atoms with Gasteiger partial charge >= 0.3 is 0 Å². The lowest BCUT2D eigenvalue weighted by Crippen LogP contribution is -2.54. The van der Waals surface area contributed by atoms with Crippen molar-refractivity contribution >= 4 is 11.7 Å². The second-order valence-corrected chi connectivity index (χ2v) is 14.6. The highest BCUT2D eigenvalue weighted by molar-refractivity contribution is 5.76. The number of aromatic nitrogens is 2. The molecule has 1 aromatic rings. The molecular formula is C33H52N4O3. The first-order valence-corrected chi connectivity index (χ1v) is 16.3. The maximum atomic E-state index is 13.3. The molecule has 9 atom stereocenters. The van der Waals surface area contributed by atoms with E-state index in [0.29, 0.717) is 34.8 Å². The third-order valence-electron chi connectivity index (χ3n) is 13.0. The van der Waals surface area contributed by atoms with Crippen LogP contribution in [0.15, 0.2) is 12.5 Å². The van der Waals surface area contributed by atoms with E-state index in [-0.39, 0.29) is 6.10 Å². The van der Waals surface area contributed by atoms with Gasteiger partial charge in [-0.05, 0) is 111 Å². The Kier molecular flexibility index (Phi) is 7.82. The Hall–Kier alpha value is -1.89. The normalized spacial score (nSPS) is 40.1. The number of ether oxygens (including phenoxy) is 1. The SMILES string of the molecule is COc1cncnc1N1CCN(C(=O)CCC(C)[C@H]2CC[C@H]3[C@@H]4CC[C@H]5C[C@@H](O)CC[C@]5(C)[C@H]4CC[C@]23C)CC1. The van der Waals surface area contributed by atoms with E-state index in [2.05, 4.69) is 40.5 Å². The van der Waals surface area contributed by atoms with Crippen LogP contribution in [0.1, 0.15) is 91.4 Å². The summed E-state index contributed by atoms with van der Waals surface area (Å²) in [4.78, 5) is 26.0. The fraction of sp³-hybridized carbons (Fsp3) is 0.848. The Bertz CT molecular complexity index is 1060. The minimum absolute atomic E-state index is 0.0614. The van der Waals surface area contributed by atoms with Gasteiger partial charge in [0.05, 0.1) is 19.4 Å². The summed E-state index contributed by atoms with van der Waals surface area (Å²) in [6.45, 7) is 10.7. The molecule has 1 N–H and O–H groups in total. The summed E-state index contributed by atoms with van der Waals surface area (Å²) in [5.74, 6) is 6.47. The van der Waals surface area contributed by atoms with Crippen molar-refractivity contribution in [3.05, 3.63) is 12.5 Å². The van der Waals surface area contributed by atoms with E-state index in [1.54, 1.807) is 19.6 Å². The van der Waals surface area contributed by atoms with Gasteiger partial charge in [-0.2, -0.15) is 0 Å². The van der Waals surface area contributed by atoms with E-state index in [9.17, 15) is 9.90 Å². The van der Waals surface area contributed by atoms with E-state index >= 15 is 0 Å². The lowest BCUT2D eigenvalue weighted by Gasteiger charge is -2.61. The molecule has 5 fully saturated rings. The molecule has 2 heterocycles. The maximum Gasteiger partial charge on any atom is 0.222 e. The van der Waals surface area contributed by atoms with Gasteiger partial charge in [-0.25, -0.2) is 9.97 Å². The van der Waals surface area contributed by atoms with Crippen LogP contribution in [0.3, 0.4) is 0 Å². The maximum absolute atomic E-state index is 13.3. The number of aliphatic hydroxyl groups excluding tert-OH is 1. The Labute approximate surface area is 241 Å².